The molecule has 1 fully saturated rings. The Hall–Kier alpha value is -1.06. The van der Waals surface area contributed by atoms with Gasteiger partial charge in [-0.25, -0.2) is 0 Å². The Bertz CT molecular complexity index is 359. The lowest BCUT2D eigenvalue weighted by atomic mass is 10.1. The van der Waals surface area contributed by atoms with E-state index in [1.165, 1.54) is 5.56 Å². The monoisotopic (exact) mass is 220 g/mol. The van der Waals surface area contributed by atoms with E-state index < -0.39 is 5.60 Å². The Labute approximate surface area is 96.9 Å². The van der Waals surface area contributed by atoms with Crippen molar-refractivity contribution in [3.05, 3.63) is 29.8 Å². The van der Waals surface area contributed by atoms with Crippen molar-refractivity contribution in [2.75, 3.05) is 18.8 Å². The van der Waals surface area contributed by atoms with E-state index in [4.69, 9.17) is 5.73 Å². The smallest absolute Gasteiger partial charge is 0.0758 e. The zero-order chi connectivity index (χ0) is 11.8. The molecule has 1 aliphatic rings. The van der Waals surface area contributed by atoms with Gasteiger partial charge in [0.15, 0.2) is 0 Å². The van der Waals surface area contributed by atoms with Gasteiger partial charge in [0.1, 0.15) is 0 Å². The summed E-state index contributed by atoms with van der Waals surface area (Å²) in [6.45, 7) is 5.78. The van der Waals surface area contributed by atoms with Gasteiger partial charge in [0, 0.05) is 24.8 Å². The summed E-state index contributed by atoms with van der Waals surface area (Å²) in [6.07, 6.45) is 0.853. The molecule has 0 saturated carbocycles. The summed E-state index contributed by atoms with van der Waals surface area (Å²) in [7, 11) is 0. The van der Waals surface area contributed by atoms with Gasteiger partial charge in [-0.2, -0.15) is 0 Å². The first-order valence-electron chi connectivity index (χ1n) is 5.80. The van der Waals surface area contributed by atoms with Crippen molar-refractivity contribution in [1.29, 1.82) is 0 Å². The SMILES string of the molecule is CC(c1ccc(N)cc1)N1CCC(C)(O)C1. The third-order valence-corrected chi connectivity index (χ3v) is 3.45. The van der Waals surface area contributed by atoms with Crippen molar-refractivity contribution < 1.29 is 5.11 Å². The third-order valence-electron chi connectivity index (χ3n) is 3.45. The molecule has 2 unspecified atom stereocenters. The van der Waals surface area contributed by atoms with Gasteiger partial charge in [0.05, 0.1) is 5.60 Å². The van der Waals surface area contributed by atoms with Gasteiger partial charge in [-0.3, -0.25) is 4.90 Å². The first-order valence-corrected chi connectivity index (χ1v) is 5.80. The largest absolute Gasteiger partial charge is 0.399 e. The van der Waals surface area contributed by atoms with Crippen LogP contribution in [0, 0.1) is 0 Å². The third kappa shape index (κ3) is 2.36. The van der Waals surface area contributed by atoms with Gasteiger partial charge in [-0.05, 0) is 38.0 Å². The number of anilines is 1. The van der Waals surface area contributed by atoms with Crippen molar-refractivity contribution in [3.8, 4) is 0 Å². The first kappa shape index (κ1) is 11.4. The van der Waals surface area contributed by atoms with Gasteiger partial charge in [-0.15, -0.1) is 0 Å². The maximum absolute atomic E-state index is 9.94. The molecule has 0 radical (unpaired) electrons. The standard InChI is InChI=1S/C13H20N2O/c1-10(11-3-5-12(14)6-4-11)15-8-7-13(2,16)9-15/h3-6,10,16H,7-9,14H2,1-2H3. The number of nitrogen functional groups attached to an aromatic ring is 1. The second-order valence-corrected chi connectivity index (χ2v) is 5.06. The highest BCUT2D eigenvalue weighted by Crippen LogP contribution is 2.29. The van der Waals surface area contributed by atoms with Gasteiger partial charge in [-0.1, -0.05) is 12.1 Å². The summed E-state index contributed by atoms with van der Waals surface area (Å²) in [5.41, 5.74) is 7.20. The lowest BCUT2D eigenvalue weighted by Gasteiger charge is -2.26. The Morgan fingerprint density at radius 1 is 1.38 bits per heavy atom. The number of nitrogens with two attached hydrogens (primary N) is 1. The summed E-state index contributed by atoms with van der Waals surface area (Å²) in [4.78, 5) is 2.31. The predicted molar refractivity (Wildman–Crippen MR) is 66.1 cm³/mol. The molecular weight excluding hydrogens is 200 g/mol. The number of hydrogen-bond acceptors (Lipinski definition) is 3. The highest BCUT2D eigenvalue weighted by atomic mass is 16.3. The number of rotatable bonds is 2. The maximum Gasteiger partial charge on any atom is 0.0758 e. The molecule has 2 atom stereocenters. The molecule has 0 spiro atoms. The van der Waals surface area contributed by atoms with Crippen LogP contribution in [0.15, 0.2) is 24.3 Å². The van der Waals surface area contributed by atoms with E-state index in [9.17, 15) is 5.11 Å². The molecule has 1 saturated heterocycles. The minimum absolute atomic E-state index is 0.342. The number of β-amino-alcohol motifs (C(OH)–C–C–N with tert-alkyl or cyclic N) is 1. The Morgan fingerprint density at radius 2 is 2.00 bits per heavy atom. The normalized spacial score (nSPS) is 28.2. The summed E-state index contributed by atoms with van der Waals surface area (Å²) >= 11 is 0. The number of benzene rings is 1. The first-order chi connectivity index (χ1) is 7.48. The van der Waals surface area contributed by atoms with E-state index in [-0.39, 0.29) is 0 Å². The molecule has 1 aromatic rings. The van der Waals surface area contributed by atoms with Gasteiger partial charge >= 0.3 is 0 Å². The van der Waals surface area contributed by atoms with E-state index in [0.717, 1.165) is 25.2 Å². The van der Waals surface area contributed by atoms with Crippen LogP contribution in [0.25, 0.3) is 0 Å². The zero-order valence-electron chi connectivity index (χ0n) is 9.98. The van der Waals surface area contributed by atoms with Crippen LogP contribution in [0.5, 0.6) is 0 Å². The van der Waals surface area contributed by atoms with Crippen LogP contribution >= 0.6 is 0 Å². The molecule has 1 aliphatic heterocycles. The number of hydrogen-bond donors (Lipinski definition) is 2. The van der Waals surface area contributed by atoms with E-state index in [2.05, 4.69) is 24.0 Å². The number of nitrogens with zero attached hydrogens (tertiary/aromatic N) is 1. The van der Waals surface area contributed by atoms with E-state index in [0.29, 0.717) is 6.04 Å². The van der Waals surface area contributed by atoms with Crippen LogP contribution in [-0.2, 0) is 0 Å². The van der Waals surface area contributed by atoms with Crippen molar-refractivity contribution in [3.63, 3.8) is 0 Å². The number of aliphatic hydroxyl groups is 1. The predicted octanol–water partition coefficient (Wildman–Crippen LogP) is 1.79. The minimum Gasteiger partial charge on any atom is -0.399 e. The molecule has 2 rings (SSSR count). The molecular formula is C13H20N2O. The van der Waals surface area contributed by atoms with Crippen LogP contribution in [0.4, 0.5) is 5.69 Å². The number of likely N-dealkylation sites (tertiary alicyclic amines) is 1. The maximum atomic E-state index is 9.94. The average Bonchev–Trinajstić information content (AvgIpc) is 2.59. The Balaban J connectivity index is 2.08. The van der Waals surface area contributed by atoms with Crippen molar-refractivity contribution >= 4 is 5.69 Å². The lowest BCUT2D eigenvalue weighted by Crippen LogP contribution is -2.31. The van der Waals surface area contributed by atoms with E-state index in [1.807, 2.05) is 19.1 Å². The molecule has 1 heterocycles. The topological polar surface area (TPSA) is 49.5 Å². The molecule has 88 valence electrons. The molecule has 0 aromatic heterocycles. The molecule has 0 aliphatic carbocycles. The zero-order valence-corrected chi connectivity index (χ0v) is 9.98. The Kier molecular flexibility index (Phi) is 2.91. The molecule has 1 aromatic carbocycles. The van der Waals surface area contributed by atoms with E-state index >= 15 is 0 Å². The summed E-state index contributed by atoms with van der Waals surface area (Å²) < 4.78 is 0. The van der Waals surface area contributed by atoms with E-state index in [1.54, 1.807) is 0 Å². The van der Waals surface area contributed by atoms with Crippen LogP contribution < -0.4 is 5.73 Å². The van der Waals surface area contributed by atoms with Gasteiger partial charge in [0.2, 0.25) is 0 Å². The molecule has 3 heteroatoms. The molecule has 3 N–H and O–H groups in total. The fourth-order valence-electron chi connectivity index (χ4n) is 2.30. The van der Waals surface area contributed by atoms with Gasteiger partial charge in [0.25, 0.3) is 0 Å². The second-order valence-electron chi connectivity index (χ2n) is 5.06. The summed E-state index contributed by atoms with van der Waals surface area (Å²) in [5, 5.41) is 9.94. The quantitative estimate of drug-likeness (QED) is 0.747. The highest BCUT2D eigenvalue weighted by Gasteiger charge is 2.33. The lowest BCUT2D eigenvalue weighted by molar-refractivity contribution is 0.0634. The van der Waals surface area contributed by atoms with Crippen molar-refractivity contribution in [1.82, 2.24) is 4.90 Å². The summed E-state index contributed by atoms with van der Waals surface area (Å²) in [5.74, 6) is 0. The fraction of sp³-hybridized carbons (Fsp3) is 0.538. The van der Waals surface area contributed by atoms with Crippen LogP contribution in [0.1, 0.15) is 31.9 Å². The van der Waals surface area contributed by atoms with Gasteiger partial charge < -0.3 is 10.8 Å². The average molecular weight is 220 g/mol. The molecule has 16 heavy (non-hydrogen) atoms. The van der Waals surface area contributed by atoms with Crippen LogP contribution in [0.3, 0.4) is 0 Å². The molecule has 3 nitrogen and oxygen atoms in total. The minimum atomic E-state index is -0.526. The van der Waals surface area contributed by atoms with Crippen LogP contribution in [-0.4, -0.2) is 28.7 Å². The van der Waals surface area contributed by atoms with Crippen molar-refractivity contribution in [2.24, 2.45) is 0 Å². The van der Waals surface area contributed by atoms with Crippen molar-refractivity contribution in [2.45, 2.75) is 31.9 Å². The second kappa shape index (κ2) is 4.07. The summed E-state index contributed by atoms with van der Waals surface area (Å²) in [6, 6.07) is 8.33. The Morgan fingerprint density at radius 3 is 2.50 bits per heavy atom. The molecule has 0 bridgehead atoms. The van der Waals surface area contributed by atoms with Crippen LogP contribution in [0.2, 0.25) is 0 Å². The highest BCUT2D eigenvalue weighted by molar-refractivity contribution is 5.40. The fourth-order valence-corrected chi connectivity index (χ4v) is 2.30. The molecule has 0 amide bonds.